The standard InChI is InChI=1S/C18H14Cl2N2OS2/c1-2-24-13-6-3-11(4-7-13)17(23)22-18-21-16(10-25-18)12-5-8-14(19)15(20)9-12/h3-10H,2H2,1H3,(H,21,22,23). The quantitative estimate of drug-likeness (QED) is 0.491. The zero-order valence-electron chi connectivity index (χ0n) is 13.3. The molecule has 3 aromatic rings. The van der Waals surface area contributed by atoms with E-state index in [2.05, 4.69) is 17.2 Å². The van der Waals surface area contributed by atoms with Gasteiger partial charge in [0, 0.05) is 21.4 Å². The molecule has 0 atom stereocenters. The van der Waals surface area contributed by atoms with Gasteiger partial charge in [0.1, 0.15) is 0 Å². The fraction of sp³-hybridized carbons (Fsp3) is 0.111. The molecule has 1 aromatic heterocycles. The van der Waals surface area contributed by atoms with Crippen molar-refractivity contribution in [1.29, 1.82) is 0 Å². The molecule has 0 aliphatic carbocycles. The maximum Gasteiger partial charge on any atom is 0.257 e. The molecule has 25 heavy (non-hydrogen) atoms. The summed E-state index contributed by atoms with van der Waals surface area (Å²) in [5, 5.41) is 6.21. The van der Waals surface area contributed by atoms with Crippen molar-refractivity contribution in [3.63, 3.8) is 0 Å². The third kappa shape index (κ3) is 4.55. The molecule has 0 radical (unpaired) electrons. The van der Waals surface area contributed by atoms with Gasteiger partial charge in [-0.3, -0.25) is 10.1 Å². The molecule has 3 rings (SSSR count). The number of anilines is 1. The van der Waals surface area contributed by atoms with E-state index in [1.165, 1.54) is 11.3 Å². The van der Waals surface area contributed by atoms with Crippen LogP contribution in [0.2, 0.25) is 10.0 Å². The van der Waals surface area contributed by atoms with E-state index in [0.29, 0.717) is 20.7 Å². The SMILES string of the molecule is CCSc1ccc(C(=O)Nc2nc(-c3ccc(Cl)c(Cl)c3)cs2)cc1. The fourth-order valence-electron chi connectivity index (χ4n) is 2.16. The second-order valence-electron chi connectivity index (χ2n) is 5.08. The van der Waals surface area contributed by atoms with Crippen LogP contribution in [-0.2, 0) is 0 Å². The monoisotopic (exact) mass is 408 g/mol. The predicted molar refractivity (Wildman–Crippen MR) is 108 cm³/mol. The number of amides is 1. The molecule has 128 valence electrons. The van der Waals surface area contributed by atoms with Crippen LogP contribution >= 0.6 is 46.3 Å². The normalized spacial score (nSPS) is 10.7. The van der Waals surface area contributed by atoms with Crippen LogP contribution in [0.25, 0.3) is 11.3 Å². The van der Waals surface area contributed by atoms with E-state index < -0.39 is 0 Å². The van der Waals surface area contributed by atoms with Crippen molar-refractivity contribution >= 4 is 57.3 Å². The minimum Gasteiger partial charge on any atom is -0.298 e. The summed E-state index contributed by atoms with van der Waals surface area (Å²) in [4.78, 5) is 17.9. The van der Waals surface area contributed by atoms with Gasteiger partial charge in [-0.05, 0) is 42.2 Å². The highest BCUT2D eigenvalue weighted by atomic mass is 35.5. The van der Waals surface area contributed by atoms with E-state index in [0.717, 1.165) is 21.9 Å². The second-order valence-corrected chi connectivity index (χ2v) is 8.09. The van der Waals surface area contributed by atoms with E-state index in [-0.39, 0.29) is 5.91 Å². The summed E-state index contributed by atoms with van der Waals surface area (Å²) >= 11 is 15.1. The van der Waals surface area contributed by atoms with E-state index in [1.54, 1.807) is 23.9 Å². The van der Waals surface area contributed by atoms with Gasteiger partial charge in [-0.1, -0.05) is 36.2 Å². The minimum atomic E-state index is -0.178. The van der Waals surface area contributed by atoms with Gasteiger partial charge in [0.05, 0.1) is 15.7 Å². The molecular formula is C18H14Cl2N2OS2. The first-order valence-corrected chi connectivity index (χ1v) is 10.1. The number of carbonyl (C=O) groups excluding carboxylic acids is 1. The van der Waals surface area contributed by atoms with Crippen LogP contribution in [-0.4, -0.2) is 16.6 Å². The molecule has 1 heterocycles. The molecular weight excluding hydrogens is 395 g/mol. The molecule has 0 unspecified atom stereocenters. The highest BCUT2D eigenvalue weighted by Crippen LogP contribution is 2.30. The minimum absolute atomic E-state index is 0.178. The lowest BCUT2D eigenvalue weighted by atomic mass is 10.2. The van der Waals surface area contributed by atoms with Crippen LogP contribution in [0, 0.1) is 0 Å². The maximum atomic E-state index is 12.3. The smallest absolute Gasteiger partial charge is 0.257 e. The van der Waals surface area contributed by atoms with Crippen LogP contribution in [0.3, 0.4) is 0 Å². The summed E-state index contributed by atoms with van der Waals surface area (Å²) in [5.41, 5.74) is 2.20. The number of nitrogens with zero attached hydrogens (tertiary/aromatic N) is 1. The summed E-state index contributed by atoms with van der Waals surface area (Å²) in [7, 11) is 0. The van der Waals surface area contributed by atoms with Crippen LogP contribution in [0.5, 0.6) is 0 Å². The molecule has 1 amide bonds. The Bertz CT molecular complexity index is 894. The summed E-state index contributed by atoms with van der Waals surface area (Å²) in [6, 6.07) is 12.9. The number of aromatic nitrogens is 1. The largest absolute Gasteiger partial charge is 0.298 e. The van der Waals surface area contributed by atoms with Gasteiger partial charge >= 0.3 is 0 Å². The van der Waals surface area contributed by atoms with E-state index in [1.807, 2.05) is 35.7 Å². The number of benzene rings is 2. The lowest BCUT2D eigenvalue weighted by Gasteiger charge is -2.03. The molecule has 0 saturated carbocycles. The molecule has 0 aliphatic heterocycles. The lowest BCUT2D eigenvalue weighted by Crippen LogP contribution is -2.11. The summed E-state index contributed by atoms with van der Waals surface area (Å²) < 4.78 is 0. The Morgan fingerprint density at radius 3 is 2.60 bits per heavy atom. The molecule has 0 fully saturated rings. The van der Waals surface area contributed by atoms with E-state index >= 15 is 0 Å². The fourth-order valence-corrected chi connectivity index (χ4v) is 3.83. The number of thiazole rings is 1. The maximum absolute atomic E-state index is 12.3. The average Bonchev–Trinajstić information content (AvgIpc) is 3.07. The van der Waals surface area contributed by atoms with Gasteiger partial charge in [0.2, 0.25) is 0 Å². The van der Waals surface area contributed by atoms with Gasteiger partial charge < -0.3 is 0 Å². The predicted octanol–water partition coefficient (Wildman–Crippen LogP) is 6.48. The Hall–Kier alpha value is -1.53. The third-order valence-electron chi connectivity index (χ3n) is 3.37. The summed E-state index contributed by atoms with van der Waals surface area (Å²) in [6.45, 7) is 2.10. The summed E-state index contributed by atoms with van der Waals surface area (Å²) in [5.74, 6) is 0.824. The van der Waals surface area contributed by atoms with Gasteiger partial charge in [0.25, 0.3) is 5.91 Å². The average molecular weight is 409 g/mol. The van der Waals surface area contributed by atoms with Crippen molar-refractivity contribution in [1.82, 2.24) is 4.98 Å². The molecule has 1 N–H and O–H groups in total. The van der Waals surface area contributed by atoms with Crippen LogP contribution < -0.4 is 5.32 Å². The van der Waals surface area contributed by atoms with Crippen LogP contribution in [0.4, 0.5) is 5.13 Å². The van der Waals surface area contributed by atoms with Crippen LogP contribution in [0.15, 0.2) is 52.7 Å². The number of hydrogen-bond acceptors (Lipinski definition) is 4. The van der Waals surface area contributed by atoms with Crippen molar-refractivity contribution in [3.8, 4) is 11.3 Å². The van der Waals surface area contributed by atoms with Crippen molar-refractivity contribution in [3.05, 3.63) is 63.5 Å². The lowest BCUT2D eigenvalue weighted by molar-refractivity contribution is 0.102. The van der Waals surface area contributed by atoms with Crippen molar-refractivity contribution in [2.45, 2.75) is 11.8 Å². The molecule has 0 aliphatic rings. The molecule has 3 nitrogen and oxygen atoms in total. The number of rotatable bonds is 5. The zero-order chi connectivity index (χ0) is 17.8. The van der Waals surface area contributed by atoms with E-state index in [9.17, 15) is 4.79 Å². The van der Waals surface area contributed by atoms with Gasteiger partial charge in [0.15, 0.2) is 5.13 Å². The number of thioether (sulfide) groups is 1. The van der Waals surface area contributed by atoms with Crippen LogP contribution in [0.1, 0.15) is 17.3 Å². The highest BCUT2D eigenvalue weighted by molar-refractivity contribution is 7.99. The first kappa shape index (κ1) is 18.3. The molecule has 0 bridgehead atoms. The Morgan fingerprint density at radius 2 is 1.92 bits per heavy atom. The Morgan fingerprint density at radius 1 is 1.16 bits per heavy atom. The van der Waals surface area contributed by atoms with Gasteiger partial charge in [-0.25, -0.2) is 4.98 Å². The molecule has 0 spiro atoms. The Labute approximate surface area is 164 Å². The van der Waals surface area contributed by atoms with E-state index in [4.69, 9.17) is 23.2 Å². The van der Waals surface area contributed by atoms with Crippen molar-refractivity contribution in [2.24, 2.45) is 0 Å². The first-order chi connectivity index (χ1) is 12.1. The topological polar surface area (TPSA) is 42.0 Å². The Kier molecular flexibility index (Phi) is 6.02. The van der Waals surface area contributed by atoms with Gasteiger partial charge in [-0.15, -0.1) is 23.1 Å². The first-order valence-electron chi connectivity index (χ1n) is 7.52. The van der Waals surface area contributed by atoms with Gasteiger partial charge in [-0.2, -0.15) is 0 Å². The molecule has 0 saturated heterocycles. The number of nitrogens with one attached hydrogen (secondary N) is 1. The Balaban J connectivity index is 1.72. The third-order valence-corrected chi connectivity index (χ3v) is 5.76. The highest BCUT2D eigenvalue weighted by Gasteiger charge is 2.11. The van der Waals surface area contributed by atoms with Crippen molar-refractivity contribution < 1.29 is 4.79 Å². The zero-order valence-corrected chi connectivity index (χ0v) is 16.4. The number of hydrogen-bond donors (Lipinski definition) is 1. The molecule has 7 heteroatoms. The molecule has 2 aromatic carbocycles. The van der Waals surface area contributed by atoms with Crippen molar-refractivity contribution in [2.75, 3.05) is 11.1 Å². The number of halogens is 2. The second kappa shape index (κ2) is 8.23. The number of carbonyl (C=O) groups is 1. The summed E-state index contributed by atoms with van der Waals surface area (Å²) in [6.07, 6.45) is 0.